The van der Waals surface area contributed by atoms with E-state index in [-0.39, 0.29) is 5.78 Å². The molecule has 14 heavy (non-hydrogen) atoms. The van der Waals surface area contributed by atoms with Crippen LogP contribution in [0.15, 0.2) is 22.8 Å². The average Bonchev–Trinajstić information content (AvgIpc) is 2.44. The molecule has 0 aliphatic carbocycles. The Bertz CT molecular complexity index is 521. The molecule has 0 saturated heterocycles. The van der Waals surface area contributed by atoms with E-state index in [1.54, 1.807) is 16.7 Å². The van der Waals surface area contributed by atoms with Gasteiger partial charge in [0.1, 0.15) is 16.5 Å². The number of carbonyl (C=O) groups is 1. The summed E-state index contributed by atoms with van der Waals surface area (Å²) in [7, 11) is 0. The van der Waals surface area contributed by atoms with Crippen LogP contribution in [0.4, 0.5) is 0 Å². The SMILES string of the molecule is CC(=O)c1nc2ccc(Br)cn2c1Cl. The van der Waals surface area contributed by atoms with Crippen molar-refractivity contribution in [2.45, 2.75) is 6.92 Å². The minimum atomic E-state index is -0.130. The van der Waals surface area contributed by atoms with Gasteiger partial charge in [0, 0.05) is 17.6 Å². The highest BCUT2D eigenvalue weighted by molar-refractivity contribution is 9.10. The number of pyridine rings is 1. The zero-order chi connectivity index (χ0) is 10.3. The predicted molar refractivity (Wildman–Crippen MR) is 57.9 cm³/mol. The molecule has 5 heteroatoms. The third kappa shape index (κ3) is 1.44. The van der Waals surface area contributed by atoms with Crippen molar-refractivity contribution in [3.05, 3.63) is 33.6 Å². The molecule has 2 heterocycles. The van der Waals surface area contributed by atoms with E-state index in [0.717, 1.165) is 4.47 Å². The fraction of sp³-hybridized carbons (Fsp3) is 0.111. The minimum Gasteiger partial charge on any atom is -0.293 e. The Kier molecular flexibility index (Phi) is 2.33. The molecule has 72 valence electrons. The van der Waals surface area contributed by atoms with Gasteiger partial charge in [-0.15, -0.1) is 0 Å². The molecule has 0 aromatic carbocycles. The van der Waals surface area contributed by atoms with Crippen molar-refractivity contribution in [1.82, 2.24) is 9.38 Å². The lowest BCUT2D eigenvalue weighted by Crippen LogP contribution is -1.92. The van der Waals surface area contributed by atoms with Gasteiger partial charge in [-0.3, -0.25) is 9.20 Å². The molecule has 0 radical (unpaired) electrons. The normalized spacial score (nSPS) is 10.8. The third-order valence-electron chi connectivity index (χ3n) is 1.86. The van der Waals surface area contributed by atoms with Gasteiger partial charge >= 0.3 is 0 Å². The molecule has 0 amide bonds. The van der Waals surface area contributed by atoms with E-state index >= 15 is 0 Å². The van der Waals surface area contributed by atoms with Crippen molar-refractivity contribution in [2.24, 2.45) is 0 Å². The molecule has 0 atom stereocenters. The first kappa shape index (κ1) is 9.68. The summed E-state index contributed by atoms with van der Waals surface area (Å²) < 4.78 is 2.56. The number of aromatic nitrogens is 2. The van der Waals surface area contributed by atoms with Crippen molar-refractivity contribution in [3.8, 4) is 0 Å². The quantitative estimate of drug-likeness (QED) is 0.749. The lowest BCUT2D eigenvalue weighted by atomic mass is 10.3. The number of rotatable bonds is 1. The Morgan fingerprint density at radius 2 is 2.29 bits per heavy atom. The number of fused-ring (bicyclic) bond motifs is 1. The largest absolute Gasteiger partial charge is 0.293 e. The van der Waals surface area contributed by atoms with Crippen LogP contribution in [0.5, 0.6) is 0 Å². The Balaban J connectivity index is 2.80. The third-order valence-corrected chi connectivity index (χ3v) is 2.69. The van der Waals surface area contributed by atoms with Crippen LogP contribution in [-0.2, 0) is 0 Å². The second-order valence-corrected chi connectivity index (χ2v) is 4.16. The van der Waals surface area contributed by atoms with Gasteiger partial charge in [-0.05, 0) is 28.1 Å². The summed E-state index contributed by atoms with van der Waals surface area (Å²) in [6, 6.07) is 3.64. The minimum absolute atomic E-state index is 0.130. The number of ketones is 1. The van der Waals surface area contributed by atoms with Crippen molar-refractivity contribution < 1.29 is 4.79 Å². The van der Waals surface area contributed by atoms with E-state index in [4.69, 9.17) is 11.6 Å². The van der Waals surface area contributed by atoms with Crippen LogP contribution in [0.25, 0.3) is 5.65 Å². The summed E-state index contributed by atoms with van der Waals surface area (Å²) in [4.78, 5) is 15.3. The maximum absolute atomic E-state index is 11.1. The number of Topliss-reactive ketones (excluding diaryl/α,β-unsaturated/α-hetero) is 1. The van der Waals surface area contributed by atoms with Gasteiger partial charge in [0.05, 0.1) is 0 Å². The Labute approximate surface area is 93.8 Å². The van der Waals surface area contributed by atoms with Gasteiger partial charge in [-0.25, -0.2) is 4.98 Å². The Morgan fingerprint density at radius 3 is 2.93 bits per heavy atom. The number of halogens is 2. The van der Waals surface area contributed by atoms with Crippen LogP contribution in [-0.4, -0.2) is 15.2 Å². The van der Waals surface area contributed by atoms with Gasteiger partial charge in [0.25, 0.3) is 0 Å². The molecule has 0 spiro atoms. The molecule has 2 aromatic heterocycles. The number of hydrogen-bond acceptors (Lipinski definition) is 2. The molecular formula is C9H6BrClN2O. The van der Waals surface area contributed by atoms with Crippen LogP contribution >= 0.6 is 27.5 Å². The second kappa shape index (κ2) is 3.37. The second-order valence-electron chi connectivity index (χ2n) is 2.88. The lowest BCUT2D eigenvalue weighted by Gasteiger charge is -1.94. The monoisotopic (exact) mass is 272 g/mol. The number of hydrogen-bond donors (Lipinski definition) is 0. The highest BCUT2D eigenvalue weighted by Gasteiger charge is 2.13. The highest BCUT2D eigenvalue weighted by atomic mass is 79.9. The van der Waals surface area contributed by atoms with Gasteiger partial charge < -0.3 is 0 Å². The summed E-state index contributed by atoms with van der Waals surface area (Å²) in [5.74, 6) is -0.130. The van der Waals surface area contributed by atoms with Crippen LogP contribution in [0, 0.1) is 0 Å². The number of carbonyl (C=O) groups excluding carboxylic acids is 1. The summed E-state index contributed by atoms with van der Waals surface area (Å²) in [5, 5.41) is 0.355. The standard InChI is InChI=1S/C9H6BrClN2O/c1-5(14)8-9(11)13-4-6(10)2-3-7(13)12-8/h2-4H,1H3. The van der Waals surface area contributed by atoms with Gasteiger partial charge in [-0.1, -0.05) is 11.6 Å². The highest BCUT2D eigenvalue weighted by Crippen LogP contribution is 2.21. The molecule has 2 aromatic rings. The summed E-state index contributed by atoms with van der Waals surface area (Å²) >= 11 is 9.30. The zero-order valence-electron chi connectivity index (χ0n) is 7.29. The zero-order valence-corrected chi connectivity index (χ0v) is 9.63. The van der Waals surface area contributed by atoms with Gasteiger partial charge in [-0.2, -0.15) is 0 Å². The maximum atomic E-state index is 11.1. The van der Waals surface area contributed by atoms with E-state index in [1.165, 1.54) is 6.92 Å². The smallest absolute Gasteiger partial charge is 0.181 e. The molecule has 0 aliphatic rings. The Hall–Kier alpha value is -0.870. The average molecular weight is 274 g/mol. The van der Waals surface area contributed by atoms with E-state index in [0.29, 0.717) is 16.5 Å². The van der Waals surface area contributed by atoms with Crippen LogP contribution in [0.3, 0.4) is 0 Å². The van der Waals surface area contributed by atoms with E-state index < -0.39 is 0 Å². The number of imidazole rings is 1. The van der Waals surface area contributed by atoms with Crippen LogP contribution in [0.2, 0.25) is 5.15 Å². The molecular weight excluding hydrogens is 267 g/mol. The predicted octanol–water partition coefficient (Wildman–Crippen LogP) is 2.95. The molecule has 3 nitrogen and oxygen atoms in total. The molecule has 0 fully saturated rings. The molecule has 0 saturated carbocycles. The first-order valence-corrected chi connectivity index (χ1v) is 5.11. The molecule has 2 rings (SSSR count). The van der Waals surface area contributed by atoms with Gasteiger partial charge in [0.2, 0.25) is 0 Å². The fourth-order valence-corrected chi connectivity index (χ4v) is 1.86. The fourth-order valence-electron chi connectivity index (χ4n) is 1.21. The topological polar surface area (TPSA) is 34.4 Å². The van der Waals surface area contributed by atoms with Crippen LogP contribution in [0.1, 0.15) is 17.4 Å². The molecule has 0 N–H and O–H groups in total. The van der Waals surface area contributed by atoms with Crippen LogP contribution < -0.4 is 0 Å². The van der Waals surface area contributed by atoms with Crippen molar-refractivity contribution in [2.75, 3.05) is 0 Å². The lowest BCUT2D eigenvalue weighted by molar-refractivity contribution is 0.101. The maximum Gasteiger partial charge on any atom is 0.181 e. The molecule has 0 bridgehead atoms. The van der Waals surface area contributed by atoms with E-state index in [2.05, 4.69) is 20.9 Å². The molecule has 0 aliphatic heterocycles. The number of nitrogens with zero attached hydrogens (tertiary/aromatic N) is 2. The Morgan fingerprint density at radius 1 is 1.57 bits per heavy atom. The molecule has 0 unspecified atom stereocenters. The first-order chi connectivity index (χ1) is 6.59. The first-order valence-electron chi connectivity index (χ1n) is 3.93. The summed E-state index contributed by atoms with van der Waals surface area (Å²) in [6.07, 6.45) is 1.77. The van der Waals surface area contributed by atoms with Crippen molar-refractivity contribution >= 4 is 39.0 Å². The van der Waals surface area contributed by atoms with Crippen molar-refractivity contribution in [3.63, 3.8) is 0 Å². The van der Waals surface area contributed by atoms with Gasteiger partial charge in [0.15, 0.2) is 5.78 Å². The van der Waals surface area contributed by atoms with Crippen molar-refractivity contribution in [1.29, 1.82) is 0 Å². The summed E-state index contributed by atoms with van der Waals surface area (Å²) in [6.45, 7) is 1.45. The van der Waals surface area contributed by atoms with E-state index in [9.17, 15) is 4.79 Å². The van der Waals surface area contributed by atoms with E-state index in [1.807, 2.05) is 6.07 Å². The summed E-state index contributed by atoms with van der Waals surface area (Å²) in [5.41, 5.74) is 0.980.